The van der Waals surface area contributed by atoms with Gasteiger partial charge < -0.3 is 9.47 Å². The van der Waals surface area contributed by atoms with Crippen molar-refractivity contribution in [3.05, 3.63) is 29.0 Å². The minimum absolute atomic E-state index is 0.592. The van der Waals surface area contributed by atoms with Gasteiger partial charge in [-0.05, 0) is 51.7 Å². The SMILES string of the molecule is CN(C)CCCCn1c(CCCl)nc2cc(Cl)ccc21. The van der Waals surface area contributed by atoms with Crippen LogP contribution in [0.3, 0.4) is 0 Å². The lowest BCUT2D eigenvalue weighted by Crippen LogP contribution is -2.14. The summed E-state index contributed by atoms with van der Waals surface area (Å²) in [5.41, 5.74) is 2.12. The summed E-state index contributed by atoms with van der Waals surface area (Å²) in [6.45, 7) is 2.10. The van der Waals surface area contributed by atoms with Crippen molar-refractivity contribution in [3.8, 4) is 0 Å². The fourth-order valence-corrected chi connectivity index (χ4v) is 2.71. The van der Waals surface area contributed by atoms with E-state index in [0.29, 0.717) is 5.88 Å². The summed E-state index contributed by atoms with van der Waals surface area (Å²) in [4.78, 5) is 6.87. The minimum atomic E-state index is 0.592. The molecule has 5 heteroatoms. The number of imidazole rings is 1. The molecule has 1 aromatic heterocycles. The Morgan fingerprint density at radius 2 is 2.05 bits per heavy atom. The standard InChI is InChI=1S/C15H21Cl2N3/c1-19(2)9-3-4-10-20-14-6-5-12(17)11-13(14)18-15(20)7-8-16/h5-6,11H,3-4,7-10H2,1-2H3. The number of aromatic nitrogens is 2. The van der Waals surface area contributed by atoms with Crippen molar-refractivity contribution >= 4 is 34.2 Å². The van der Waals surface area contributed by atoms with Gasteiger partial charge in [-0.2, -0.15) is 0 Å². The third kappa shape index (κ3) is 3.87. The minimum Gasteiger partial charge on any atom is -0.328 e. The topological polar surface area (TPSA) is 21.1 Å². The second-order valence-corrected chi connectivity index (χ2v) is 6.08. The van der Waals surface area contributed by atoms with E-state index in [2.05, 4.69) is 28.5 Å². The Kier molecular flexibility index (Phi) is 5.70. The van der Waals surface area contributed by atoms with Crippen molar-refractivity contribution in [3.63, 3.8) is 0 Å². The zero-order valence-electron chi connectivity index (χ0n) is 12.1. The zero-order chi connectivity index (χ0) is 14.5. The van der Waals surface area contributed by atoms with E-state index in [1.807, 2.05) is 18.2 Å². The van der Waals surface area contributed by atoms with Crippen LogP contribution in [0.1, 0.15) is 18.7 Å². The van der Waals surface area contributed by atoms with E-state index < -0.39 is 0 Å². The summed E-state index contributed by atoms with van der Waals surface area (Å²) in [7, 11) is 4.21. The Morgan fingerprint density at radius 1 is 1.25 bits per heavy atom. The molecule has 1 heterocycles. The van der Waals surface area contributed by atoms with Gasteiger partial charge in [0.05, 0.1) is 11.0 Å². The van der Waals surface area contributed by atoms with Crippen molar-refractivity contribution in [2.75, 3.05) is 26.5 Å². The number of fused-ring (bicyclic) bond motifs is 1. The molecule has 0 atom stereocenters. The smallest absolute Gasteiger partial charge is 0.111 e. The highest BCUT2D eigenvalue weighted by atomic mass is 35.5. The van der Waals surface area contributed by atoms with Gasteiger partial charge in [-0.3, -0.25) is 0 Å². The van der Waals surface area contributed by atoms with Gasteiger partial charge >= 0.3 is 0 Å². The maximum Gasteiger partial charge on any atom is 0.111 e. The van der Waals surface area contributed by atoms with Crippen LogP contribution < -0.4 is 0 Å². The molecule has 0 aliphatic rings. The number of nitrogens with zero attached hydrogens (tertiary/aromatic N) is 3. The summed E-state index contributed by atoms with van der Waals surface area (Å²) in [5.74, 6) is 1.65. The van der Waals surface area contributed by atoms with Crippen LogP contribution in [-0.4, -0.2) is 41.0 Å². The van der Waals surface area contributed by atoms with Gasteiger partial charge in [-0.15, -0.1) is 11.6 Å². The largest absolute Gasteiger partial charge is 0.328 e. The van der Waals surface area contributed by atoms with Crippen LogP contribution in [0, 0.1) is 0 Å². The van der Waals surface area contributed by atoms with Crippen molar-refractivity contribution < 1.29 is 0 Å². The molecular weight excluding hydrogens is 293 g/mol. The Bertz CT molecular complexity index is 563. The van der Waals surface area contributed by atoms with E-state index in [-0.39, 0.29) is 0 Å². The lowest BCUT2D eigenvalue weighted by atomic mass is 10.2. The molecule has 110 valence electrons. The fraction of sp³-hybridized carbons (Fsp3) is 0.533. The number of hydrogen-bond donors (Lipinski definition) is 0. The van der Waals surface area contributed by atoms with Crippen molar-refractivity contribution in [1.29, 1.82) is 0 Å². The summed E-state index contributed by atoms with van der Waals surface area (Å²) in [5, 5.41) is 0.729. The summed E-state index contributed by atoms with van der Waals surface area (Å²) in [6.07, 6.45) is 3.11. The highest BCUT2D eigenvalue weighted by Gasteiger charge is 2.10. The lowest BCUT2D eigenvalue weighted by molar-refractivity contribution is 0.387. The summed E-state index contributed by atoms with van der Waals surface area (Å²) >= 11 is 11.9. The highest BCUT2D eigenvalue weighted by molar-refractivity contribution is 6.31. The van der Waals surface area contributed by atoms with Crippen LogP contribution in [-0.2, 0) is 13.0 Å². The van der Waals surface area contributed by atoms with Crippen LogP contribution in [0.25, 0.3) is 11.0 Å². The molecule has 20 heavy (non-hydrogen) atoms. The van der Waals surface area contributed by atoms with Gasteiger partial charge in [-0.25, -0.2) is 4.98 Å². The summed E-state index contributed by atoms with van der Waals surface area (Å²) in [6, 6.07) is 5.89. The quantitative estimate of drug-likeness (QED) is 0.572. The lowest BCUT2D eigenvalue weighted by Gasteiger charge is -2.11. The number of rotatable bonds is 7. The van der Waals surface area contributed by atoms with Gasteiger partial charge in [0.25, 0.3) is 0 Å². The van der Waals surface area contributed by atoms with Crippen molar-refractivity contribution in [2.24, 2.45) is 0 Å². The molecule has 0 unspecified atom stereocenters. The molecule has 0 bridgehead atoms. The molecular formula is C15H21Cl2N3. The van der Waals surface area contributed by atoms with E-state index in [0.717, 1.165) is 47.8 Å². The van der Waals surface area contributed by atoms with Gasteiger partial charge in [0.2, 0.25) is 0 Å². The summed E-state index contributed by atoms with van der Waals surface area (Å²) < 4.78 is 2.28. The van der Waals surface area contributed by atoms with Crippen LogP contribution in [0.5, 0.6) is 0 Å². The van der Waals surface area contributed by atoms with Crippen LogP contribution in [0.15, 0.2) is 18.2 Å². The van der Waals surface area contributed by atoms with Crippen LogP contribution in [0.2, 0.25) is 5.02 Å². The molecule has 0 fully saturated rings. The predicted octanol–water partition coefficient (Wildman–Crippen LogP) is 3.81. The van der Waals surface area contributed by atoms with Gasteiger partial charge in [-0.1, -0.05) is 11.6 Å². The number of benzene rings is 1. The predicted molar refractivity (Wildman–Crippen MR) is 87.0 cm³/mol. The fourth-order valence-electron chi connectivity index (χ4n) is 2.38. The molecule has 2 rings (SSSR count). The molecule has 0 N–H and O–H groups in total. The highest BCUT2D eigenvalue weighted by Crippen LogP contribution is 2.21. The number of unbranched alkanes of at least 4 members (excludes halogenated alkanes) is 1. The maximum absolute atomic E-state index is 6.04. The second-order valence-electron chi connectivity index (χ2n) is 5.26. The van der Waals surface area contributed by atoms with E-state index in [1.165, 1.54) is 6.42 Å². The Labute approximate surface area is 130 Å². The Hall–Kier alpha value is -0.770. The number of alkyl halides is 1. The van der Waals surface area contributed by atoms with E-state index in [1.54, 1.807) is 0 Å². The number of halogens is 2. The van der Waals surface area contributed by atoms with Crippen LogP contribution >= 0.6 is 23.2 Å². The average molecular weight is 314 g/mol. The number of hydrogen-bond acceptors (Lipinski definition) is 2. The molecule has 0 aliphatic heterocycles. The molecule has 0 amide bonds. The third-order valence-corrected chi connectivity index (χ3v) is 3.77. The third-order valence-electron chi connectivity index (χ3n) is 3.34. The van der Waals surface area contributed by atoms with Crippen LogP contribution in [0.4, 0.5) is 0 Å². The van der Waals surface area contributed by atoms with Gasteiger partial charge in [0, 0.05) is 23.9 Å². The van der Waals surface area contributed by atoms with E-state index in [9.17, 15) is 0 Å². The Balaban J connectivity index is 2.17. The molecule has 3 nitrogen and oxygen atoms in total. The first-order valence-corrected chi connectivity index (χ1v) is 7.88. The van der Waals surface area contributed by atoms with Gasteiger partial charge in [0.1, 0.15) is 5.82 Å². The van der Waals surface area contributed by atoms with Gasteiger partial charge in [0.15, 0.2) is 0 Å². The number of aryl methyl sites for hydroxylation is 2. The Morgan fingerprint density at radius 3 is 2.75 bits per heavy atom. The first-order chi connectivity index (χ1) is 9.61. The van der Waals surface area contributed by atoms with Crippen molar-refractivity contribution in [1.82, 2.24) is 14.5 Å². The monoisotopic (exact) mass is 313 g/mol. The molecule has 1 aromatic carbocycles. The zero-order valence-corrected chi connectivity index (χ0v) is 13.6. The molecule has 0 saturated heterocycles. The van der Waals surface area contributed by atoms with Crippen molar-refractivity contribution in [2.45, 2.75) is 25.8 Å². The van der Waals surface area contributed by atoms with E-state index in [4.69, 9.17) is 23.2 Å². The molecule has 0 aliphatic carbocycles. The second kappa shape index (κ2) is 7.30. The average Bonchev–Trinajstić information content (AvgIpc) is 2.72. The normalized spacial score (nSPS) is 11.7. The molecule has 0 saturated carbocycles. The van der Waals surface area contributed by atoms with E-state index >= 15 is 0 Å². The molecule has 0 spiro atoms. The first kappa shape index (κ1) is 15.6. The molecule has 2 aromatic rings. The first-order valence-electron chi connectivity index (χ1n) is 6.97. The maximum atomic E-state index is 6.04. The molecule has 0 radical (unpaired) electrons.